The van der Waals surface area contributed by atoms with Gasteiger partial charge in [-0.05, 0) is 59.0 Å². The van der Waals surface area contributed by atoms with Crippen molar-refractivity contribution < 1.29 is 4.79 Å². The lowest BCUT2D eigenvalue weighted by Gasteiger charge is -2.07. The van der Waals surface area contributed by atoms with E-state index in [4.69, 9.17) is 23.2 Å². The zero-order chi connectivity index (χ0) is 13.1. The van der Waals surface area contributed by atoms with Crippen LogP contribution in [0.2, 0.25) is 10.0 Å². The molecule has 0 aliphatic rings. The van der Waals surface area contributed by atoms with Crippen LogP contribution in [0.5, 0.6) is 0 Å². The summed E-state index contributed by atoms with van der Waals surface area (Å²) in [6.45, 7) is 0. The molecule has 0 aliphatic heterocycles. The van der Waals surface area contributed by atoms with Crippen molar-refractivity contribution in [1.29, 1.82) is 0 Å². The summed E-state index contributed by atoms with van der Waals surface area (Å²) in [5, 5.41) is 3.40. The van der Waals surface area contributed by atoms with Crippen LogP contribution in [-0.2, 0) is 0 Å². The molecule has 0 saturated heterocycles. The summed E-state index contributed by atoms with van der Waals surface area (Å²) in [5.41, 5.74) is 1.08. The molecule has 0 fully saturated rings. The van der Waals surface area contributed by atoms with E-state index >= 15 is 0 Å². The van der Waals surface area contributed by atoms with E-state index in [1.54, 1.807) is 18.2 Å². The van der Waals surface area contributed by atoms with Gasteiger partial charge in [0.25, 0.3) is 5.91 Å². The van der Waals surface area contributed by atoms with Gasteiger partial charge in [0.1, 0.15) is 0 Å². The van der Waals surface area contributed by atoms with Gasteiger partial charge in [-0.15, -0.1) is 0 Å². The summed E-state index contributed by atoms with van der Waals surface area (Å²) in [7, 11) is 0. The molecule has 0 atom stereocenters. The zero-order valence-corrected chi connectivity index (χ0v) is 12.8. The van der Waals surface area contributed by atoms with E-state index in [0.717, 1.165) is 9.26 Å². The predicted molar refractivity (Wildman–Crippen MR) is 83.6 cm³/mol. The maximum absolute atomic E-state index is 12.0. The Morgan fingerprint density at radius 3 is 2.39 bits per heavy atom. The largest absolute Gasteiger partial charge is 0.322 e. The number of nitrogens with one attached hydrogen (secondary N) is 1. The van der Waals surface area contributed by atoms with Gasteiger partial charge in [0, 0.05) is 9.26 Å². The van der Waals surface area contributed by atoms with Gasteiger partial charge >= 0.3 is 0 Å². The maximum atomic E-state index is 12.0. The summed E-state index contributed by atoms with van der Waals surface area (Å²) in [4.78, 5) is 12.0. The number of benzene rings is 2. The first-order valence-corrected chi connectivity index (χ1v) is 6.92. The van der Waals surface area contributed by atoms with Crippen LogP contribution in [0.3, 0.4) is 0 Å². The topological polar surface area (TPSA) is 29.1 Å². The van der Waals surface area contributed by atoms with Crippen molar-refractivity contribution in [2.45, 2.75) is 0 Å². The second-order valence-electron chi connectivity index (χ2n) is 3.56. The predicted octanol–water partition coefficient (Wildman–Crippen LogP) is 4.85. The summed E-state index contributed by atoms with van der Waals surface area (Å²) >= 11 is 14.1. The molecule has 0 heterocycles. The van der Waals surface area contributed by atoms with E-state index in [-0.39, 0.29) is 10.9 Å². The molecule has 1 amide bonds. The quantitative estimate of drug-likeness (QED) is 0.728. The fraction of sp³-hybridized carbons (Fsp3) is 0. The average molecular weight is 392 g/mol. The highest BCUT2D eigenvalue weighted by molar-refractivity contribution is 14.1. The molecule has 1 N–H and O–H groups in total. The molecule has 2 nitrogen and oxygen atoms in total. The lowest BCUT2D eigenvalue weighted by atomic mass is 10.2. The van der Waals surface area contributed by atoms with Crippen molar-refractivity contribution >= 4 is 57.4 Å². The van der Waals surface area contributed by atoms with E-state index in [9.17, 15) is 4.79 Å². The van der Waals surface area contributed by atoms with Crippen molar-refractivity contribution in [2.75, 3.05) is 5.32 Å². The lowest BCUT2D eigenvalue weighted by molar-refractivity contribution is 0.102. The molecular formula is C13H8Cl2INO. The Bertz CT molecular complexity index is 584. The smallest absolute Gasteiger partial charge is 0.257 e. The Kier molecular flexibility index (Phi) is 4.48. The molecule has 0 aromatic heterocycles. The third-order valence-corrected chi connectivity index (χ3v) is 3.84. The van der Waals surface area contributed by atoms with E-state index in [0.29, 0.717) is 10.6 Å². The fourth-order valence-corrected chi connectivity index (χ4v) is 2.16. The van der Waals surface area contributed by atoms with Gasteiger partial charge in [-0.25, -0.2) is 0 Å². The molecule has 0 saturated carbocycles. The highest BCUT2D eigenvalue weighted by atomic mass is 127. The number of hydrogen-bond acceptors (Lipinski definition) is 1. The minimum atomic E-state index is -0.274. The van der Waals surface area contributed by atoms with Crippen LogP contribution in [0.15, 0.2) is 42.5 Å². The SMILES string of the molecule is O=C(Nc1ccc(I)cc1)c1cccc(Cl)c1Cl. The van der Waals surface area contributed by atoms with Gasteiger partial charge in [0.15, 0.2) is 0 Å². The third kappa shape index (κ3) is 3.16. The molecule has 2 aromatic carbocycles. The Hall–Kier alpha value is -0.780. The Morgan fingerprint density at radius 1 is 1.06 bits per heavy atom. The Labute approximate surface area is 128 Å². The Balaban J connectivity index is 2.22. The van der Waals surface area contributed by atoms with Gasteiger partial charge < -0.3 is 5.32 Å². The van der Waals surface area contributed by atoms with Crippen molar-refractivity contribution in [3.8, 4) is 0 Å². The van der Waals surface area contributed by atoms with Crippen LogP contribution in [0.4, 0.5) is 5.69 Å². The lowest BCUT2D eigenvalue weighted by Crippen LogP contribution is -2.12. The van der Waals surface area contributed by atoms with E-state index in [1.165, 1.54) is 0 Å². The average Bonchev–Trinajstić information content (AvgIpc) is 2.35. The summed E-state index contributed by atoms with van der Waals surface area (Å²) in [6, 6.07) is 12.5. The first kappa shape index (κ1) is 13.6. The van der Waals surface area contributed by atoms with Crippen LogP contribution in [0.25, 0.3) is 0 Å². The van der Waals surface area contributed by atoms with Gasteiger partial charge in [-0.3, -0.25) is 4.79 Å². The first-order valence-electron chi connectivity index (χ1n) is 5.09. The van der Waals surface area contributed by atoms with Crippen LogP contribution in [-0.4, -0.2) is 5.91 Å². The number of hydrogen-bond donors (Lipinski definition) is 1. The van der Waals surface area contributed by atoms with E-state index in [2.05, 4.69) is 27.9 Å². The van der Waals surface area contributed by atoms with E-state index < -0.39 is 0 Å². The first-order chi connectivity index (χ1) is 8.58. The molecule has 2 rings (SSSR count). The Morgan fingerprint density at radius 2 is 1.72 bits per heavy atom. The molecular weight excluding hydrogens is 384 g/mol. The summed E-state index contributed by atoms with van der Waals surface area (Å²) in [5.74, 6) is -0.274. The van der Waals surface area contributed by atoms with Crippen LogP contribution in [0, 0.1) is 3.57 Å². The van der Waals surface area contributed by atoms with Crippen LogP contribution in [0.1, 0.15) is 10.4 Å². The minimum absolute atomic E-state index is 0.266. The summed E-state index contributed by atoms with van der Waals surface area (Å²) in [6.07, 6.45) is 0. The number of amides is 1. The van der Waals surface area contributed by atoms with Gasteiger partial charge in [-0.1, -0.05) is 29.3 Å². The standard InChI is InChI=1S/C13H8Cl2INO/c14-11-3-1-2-10(12(11)15)13(18)17-9-6-4-8(16)5-7-9/h1-7H,(H,17,18). The third-order valence-electron chi connectivity index (χ3n) is 2.30. The highest BCUT2D eigenvalue weighted by Gasteiger charge is 2.12. The van der Waals surface area contributed by atoms with Gasteiger partial charge in [0.05, 0.1) is 15.6 Å². The molecule has 0 radical (unpaired) electrons. The molecule has 0 aliphatic carbocycles. The van der Waals surface area contributed by atoms with Crippen molar-refractivity contribution in [1.82, 2.24) is 0 Å². The number of anilines is 1. The van der Waals surface area contributed by atoms with Crippen LogP contribution < -0.4 is 5.32 Å². The van der Waals surface area contributed by atoms with Crippen molar-refractivity contribution in [2.24, 2.45) is 0 Å². The number of carbonyl (C=O) groups excluding carboxylic acids is 1. The molecule has 18 heavy (non-hydrogen) atoms. The van der Waals surface area contributed by atoms with Gasteiger partial charge in [0.2, 0.25) is 0 Å². The fourth-order valence-electron chi connectivity index (χ4n) is 1.41. The van der Waals surface area contributed by atoms with Crippen molar-refractivity contribution in [3.63, 3.8) is 0 Å². The molecule has 0 spiro atoms. The molecule has 2 aromatic rings. The molecule has 92 valence electrons. The second kappa shape index (κ2) is 5.91. The monoisotopic (exact) mass is 391 g/mol. The minimum Gasteiger partial charge on any atom is -0.322 e. The number of carbonyl (C=O) groups is 1. The van der Waals surface area contributed by atoms with Crippen LogP contribution >= 0.6 is 45.8 Å². The second-order valence-corrected chi connectivity index (χ2v) is 5.59. The number of halogens is 3. The summed E-state index contributed by atoms with van der Waals surface area (Å²) < 4.78 is 1.10. The highest BCUT2D eigenvalue weighted by Crippen LogP contribution is 2.26. The van der Waals surface area contributed by atoms with E-state index in [1.807, 2.05) is 24.3 Å². The number of rotatable bonds is 2. The molecule has 0 bridgehead atoms. The molecule has 5 heteroatoms. The van der Waals surface area contributed by atoms with Gasteiger partial charge in [-0.2, -0.15) is 0 Å². The maximum Gasteiger partial charge on any atom is 0.257 e. The normalized spacial score (nSPS) is 10.2. The molecule has 0 unspecified atom stereocenters. The zero-order valence-electron chi connectivity index (χ0n) is 9.08. The van der Waals surface area contributed by atoms with Crippen molar-refractivity contribution in [3.05, 3.63) is 61.6 Å².